The number of hydrogen-bond donors (Lipinski definition) is 1. The number of hydrogen-bond acceptors (Lipinski definition) is 9. The molecular weight excluding hydrogens is 584 g/mol. The SMILES string of the molecule is CCN(C1COC1)C(C)(C)C=C(C#N)C(=O)N1CCC[C@H]1Cn1c(=O)n(-c2ccc(Oc3ccccc3)cc2)c2c(N)ncnc21. The molecule has 12 nitrogen and oxygen atoms in total. The predicted molar refractivity (Wildman–Crippen MR) is 174 cm³/mol. The maximum absolute atomic E-state index is 14.1. The summed E-state index contributed by atoms with van der Waals surface area (Å²) < 4.78 is 14.4. The molecule has 0 saturated carbocycles. The second kappa shape index (κ2) is 12.8. The van der Waals surface area contributed by atoms with Crippen LogP contribution in [0.15, 0.2) is 77.4 Å². The van der Waals surface area contributed by atoms with Gasteiger partial charge in [0.25, 0.3) is 5.91 Å². The number of nitrogen functional groups attached to an aromatic ring is 1. The van der Waals surface area contributed by atoms with Crippen molar-refractivity contribution in [3.05, 3.63) is 83.1 Å². The average Bonchev–Trinajstić information content (AvgIpc) is 3.61. The zero-order valence-corrected chi connectivity index (χ0v) is 26.3. The van der Waals surface area contributed by atoms with Crippen molar-refractivity contribution in [3.8, 4) is 23.3 Å². The molecule has 1 amide bonds. The van der Waals surface area contributed by atoms with Crippen molar-refractivity contribution in [1.29, 1.82) is 5.26 Å². The standard InChI is InChI=1S/C34H38N8O4/c1-4-41(26-20-45-21-26)34(2,3)17-23(18-35)32(43)39-16-8-9-25(39)19-40-31-29(30(36)37-22-38-31)42(33(40)44)24-12-14-28(15-13-24)46-27-10-6-5-7-11-27/h5-7,10-15,17,22,25-26H,4,8-9,16,19-21H2,1-3H3,(H2,36,37,38)/t25-/m0/s1. The lowest BCUT2D eigenvalue weighted by molar-refractivity contribution is -0.127. The molecule has 2 aliphatic heterocycles. The molecule has 0 unspecified atom stereocenters. The highest BCUT2D eigenvalue weighted by Gasteiger charge is 2.37. The highest BCUT2D eigenvalue weighted by Crippen LogP contribution is 2.29. The van der Waals surface area contributed by atoms with Crippen molar-refractivity contribution in [1.82, 2.24) is 28.9 Å². The maximum atomic E-state index is 14.1. The lowest BCUT2D eigenvalue weighted by atomic mass is 9.95. The Labute approximate surface area is 267 Å². The number of nitrogens with zero attached hydrogens (tertiary/aromatic N) is 7. The first-order chi connectivity index (χ1) is 22.2. The monoisotopic (exact) mass is 622 g/mol. The fourth-order valence-corrected chi connectivity index (χ4v) is 6.57. The number of benzene rings is 2. The fraction of sp³-hybridized carbons (Fsp3) is 0.382. The smallest absolute Gasteiger partial charge is 0.335 e. The van der Waals surface area contributed by atoms with Crippen LogP contribution >= 0.6 is 0 Å². The van der Waals surface area contributed by atoms with E-state index in [1.165, 1.54) is 10.9 Å². The van der Waals surface area contributed by atoms with Crippen LogP contribution in [0.4, 0.5) is 5.82 Å². The van der Waals surface area contributed by atoms with Gasteiger partial charge >= 0.3 is 5.69 Å². The second-order valence-corrected chi connectivity index (χ2v) is 12.2. The molecule has 4 aromatic rings. The number of anilines is 1. The molecule has 0 aliphatic carbocycles. The van der Waals surface area contributed by atoms with Gasteiger partial charge in [-0.2, -0.15) is 5.26 Å². The van der Waals surface area contributed by atoms with E-state index in [1.54, 1.807) is 39.8 Å². The molecule has 2 aromatic heterocycles. The van der Waals surface area contributed by atoms with E-state index in [4.69, 9.17) is 15.2 Å². The molecule has 2 saturated heterocycles. The summed E-state index contributed by atoms with van der Waals surface area (Å²) in [5.74, 6) is 1.15. The molecule has 0 radical (unpaired) electrons. The van der Waals surface area contributed by atoms with Crippen molar-refractivity contribution >= 4 is 22.9 Å². The van der Waals surface area contributed by atoms with Crippen LogP contribution in [-0.2, 0) is 16.1 Å². The van der Waals surface area contributed by atoms with Gasteiger partial charge < -0.3 is 20.1 Å². The number of ether oxygens (including phenoxy) is 2. The molecule has 2 N–H and O–H groups in total. The third-order valence-electron chi connectivity index (χ3n) is 8.83. The Morgan fingerprint density at radius 2 is 1.87 bits per heavy atom. The summed E-state index contributed by atoms with van der Waals surface area (Å²) in [7, 11) is 0. The molecule has 4 heterocycles. The first kappa shape index (κ1) is 31.0. The van der Waals surface area contributed by atoms with Crippen LogP contribution in [0, 0.1) is 11.3 Å². The van der Waals surface area contributed by atoms with Crippen molar-refractivity contribution in [2.45, 2.75) is 57.8 Å². The number of nitrogens with two attached hydrogens (primary N) is 1. The first-order valence-corrected chi connectivity index (χ1v) is 15.5. The quantitative estimate of drug-likeness (QED) is 0.206. The van der Waals surface area contributed by atoms with Crippen LogP contribution in [0.1, 0.15) is 33.6 Å². The van der Waals surface area contributed by atoms with Crippen LogP contribution in [0.25, 0.3) is 16.9 Å². The first-order valence-electron chi connectivity index (χ1n) is 15.5. The van der Waals surface area contributed by atoms with Gasteiger partial charge in [-0.25, -0.2) is 14.8 Å². The number of carbonyl (C=O) groups is 1. The van der Waals surface area contributed by atoms with Gasteiger partial charge in [0.1, 0.15) is 35.0 Å². The number of para-hydroxylation sites is 1. The molecule has 46 heavy (non-hydrogen) atoms. The van der Waals surface area contributed by atoms with Gasteiger partial charge in [0.2, 0.25) is 0 Å². The molecule has 0 bridgehead atoms. The van der Waals surface area contributed by atoms with Gasteiger partial charge in [0.15, 0.2) is 11.5 Å². The van der Waals surface area contributed by atoms with Crippen LogP contribution in [0.2, 0.25) is 0 Å². The Hall–Kier alpha value is -4.99. The van der Waals surface area contributed by atoms with Crippen LogP contribution in [-0.4, -0.2) is 78.7 Å². The van der Waals surface area contributed by atoms with E-state index in [-0.39, 0.29) is 41.6 Å². The van der Waals surface area contributed by atoms with Crippen molar-refractivity contribution < 1.29 is 14.3 Å². The van der Waals surface area contributed by atoms with Crippen molar-refractivity contribution in [2.24, 2.45) is 0 Å². The zero-order chi connectivity index (χ0) is 32.4. The molecule has 2 aliphatic rings. The van der Waals surface area contributed by atoms with Gasteiger partial charge in [-0.1, -0.05) is 25.1 Å². The van der Waals surface area contributed by atoms with E-state index in [2.05, 4.69) is 27.9 Å². The number of likely N-dealkylation sites (N-methyl/N-ethyl adjacent to an activating group) is 1. The van der Waals surface area contributed by atoms with E-state index >= 15 is 0 Å². The molecule has 1 atom stereocenters. The number of nitriles is 1. The Balaban J connectivity index is 1.29. The lowest BCUT2D eigenvalue weighted by Crippen LogP contribution is -2.57. The number of aromatic nitrogens is 4. The van der Waals surface area contributed by atoms with Crippen LogP contribution in [0.3, 0.4) is 0 Å². The van der Waals surface area contributed by atoms with Gasteiger partial charge in [0.05, 0.1) is 31.0 Å². The molecule has 238 valence electrons. The van der Waals surface area contributed by atoms with E-state index in [0.29, 0.717) is 54.5 Å². The zero-order valence-electron chi connectivity index (χ0n) is 26.3. The molecule has 2 fully saturated rings. The summed E-state index contributed by atoms with van der Waals surface area (Å²) in [4.78, 5) is 40.5. The summed E-state index contributed by atoms with van der Waals surface area (Å²) in [5.41, 5.74) is 6.86. The highest BCUT2D eigenvalue weighted by molar-refractivity contribution is 5.97. The van der Waals surface area contributed by atoms with Gasteiger partial charge in [-0.15, -0.1) is 0 Å². The van der Waals surface area contributed by atoms with Gasteiger partial charge in [0, 0.05) is 18.6 Å². The molecular formula is C34H38N8O4. The van der Waals surface area contributed by atoms with Crippen molar-refractivity contribution in [2.75, 3.05) is 32.0 Å². The number of rotatable bonds is 10. The van der Waals surface area contributed by atoms with Gasteiger partial charge in [-0.3, -0.25) is 18.8 Å². The minimum Gasteiger partial charge on any atom is -0.457 e. The lowest BCUT2D eigenvalue weighted by Gasteiger charge is -2.45. The largest absolute Gasteiger partial charge is 0.457 e. The number of imidazole rings is 1. The minimum atomic E-state index is -0.528. The van der Waals surface area contributed by atoms with E-state index < -0.39 is 5.54 Å². The molecule has 6 rings (SSSR count). The number of fused-ring (bicyclic) bond motifs is 1. The third-order valence-corrected chi connectivity index (χ3v) is 8.83. The summed E-state index contributed by atoms with van der Waals surface area (Å²) in [5, 5.41) is 10.1. The van der Waals surface area contributed by atoms with E-state index in [0.717, 1.165) is 13.0 Å². The molecule has 2 aromatic carbocycles. The number of carbonyl (C=O) groups excluding carboxylic acids is 1. The molecule has 0 spiro atoms. The minimum absolute atomic E-state index is 0.0924. The fourth-order valence-electron chi connectivity index (χ4n) is 6.57. The Bertz CT molecular complexity index is 1850. The van der Waals surface area contributed by atoms with Gasteiger partial charge in [-0.05, 0) is 75.7 Å². The summed E-state index contributed by atoms with van der Waals surface area (Å²) >= 11 is 0. The predicted octanol–water partition coefficient (Wildman–Crippen LogP) is 3.90. The van der Waals surface area contributed by atoms with E-state index in [1.807, 2.05) is 44.2 Å². The third kappa shape index (κ3) is 5.87. The second-order valence-electron chi connectivity index (χ2n) is 12.2. The van der Waals surface area contributed by atoms with Crippen LogP contribution in [0.5, 0.6) is 11.5 Å². The highest BCUT2D eigenvalue weighted by atomic mass is 16.5. The average molecular weight is 623 g/mol. The summed E-state index contributed by atoms with van der Waals surface area (Å²) in [6, 6.07) is 18.6. The van der Waals surface area contributed by atoms with Crippen LogP contribution < -0.4 is 16.2 Å². The molecule has 12 heteroatoms. The van der Waals surface area contributed by atoms with Crippen molar-refractivity contribution in [3.63, 3.8) is 0 Å². The summed E-state index contributed by atoms with van der Waals surface area (Å²) in [6.45, 7) is 8.81. The Kier molecular flexibility index (Phi) is 8.62. The Morgan fingerprint density at radius 3 is 2.52 bits per heavy atom. The number of likely N-dealkylation sites (tertiary alicyclic amines) is 1. The maximum Gasteiger partial charge on any atom is 0.335 e. The Morgan fingerprint density at radius 1 is 1.15 bits per heavy atom. The topological polar surface area (TPSA) is 145 Å². The number of amides is 1. The summed E-state index contributed by atoms with van der Waals surface area (Å²) in [6.07, 6.45) is 4.53. The van der Waals surface area contributed by atoms with E-state index in [9.17, 15) is 14.9 Å². The normalized spacial score (nSPS) is 17.3.